The maximum Gasteiger partial charge on any atom is 0.251 e. The van der Waals surface area contributed by atoms with Gasteiger partial charge in [-0.1, -0.05) is 6.42 Å². The van der Waals surface area contributed by atoms with Gasteiger partial charge >= 0.3 is 0 Å². The van der Waals surface area contributed by atoms with Gasteiger partial charge in [-0.05, 0) is 49.6 Å². The van der Waals surface area contributed by atoms with Gasteiger partial charge in [-0.3, -0.25) is 19.8 Å². The first-order chi connectivity index (χ1) is 11.6. The molecule has 4 N–H and O–H groups in total. The van der Waals surface area contributed by atoms with Crippen LogP contribution in [0.4, 0.5) is 5.69 Å². The second-order valence-electron chi connectivity index (χ2n) is 6.32. The molecule has 0 spiro atoms. The first kappa shape index (κ1) is 16.4. The molecule has 2 fully saturated rings. The number of nitrogens with two attached hydrogens (primary N) is 1. The number of carbonyl (C=O) groups is 3. The average Bonchev–Trinajstić information content (AvgIpc) is 3.04. The number of hydrazine groups is 1. The third kappa shape index (κ3) is 3.41. The highest BCUT2D eigenvalue weighted by molar-refractivity contribution is 6.01. The largest absolute Gasteiger partial charge is 0.349 e. The molecule has 128 valence electrons. The molecule has 7 heteroatoms. The molecule has 2 unspecified atom stereocenters. The van der Waals surface area contributed by atoms with E-state index in [2.05, 4.69) is 10.7 Å². The van der Waals surface area contributed by atoms with E-state index in [1.54, 1.807) is 24.3 Å². The Hall–Kier alpha value is -2.41. The van der Waals surface area contributed by atoms with E-state index in [0.717, 1.165) is 19.3 Å². The molecule has 0 aromatic heterocycles. The molecule has 1 aromatic rings. The SMILES string of the molecule is NCC1CCCC1NC(=O)c1ccc(N2NC(=O)CCC2=O)cc1. The van der Waals surface area contributed by atoms with E-state index >= 15 is 0 Å². The van der Waals surface area contributed by atoms with Crippen LogP contribution in [0.15, 0.2) is 24.3 Å². The summed E-state index contributed by atoms with van der Waals surface area (Å²) in [7, 11) is 0. The maximum absolute atomic E-state index is 12.4. The summed E-state index contributed by atoms with van der Waals surface area (Å²) in [5, 5.41) is 4.27. The highest BCUT2D eigenvalue weighted by atomic mass is 16.2. The Labute approximate surface area is 140 Å². The number of benzene rings is 1. The van der Waals surface area contributed by atoms with Crippen molar-refractivity contribution in [1.29, 1.82) is 0 Å². The summed E-state index contributed by atoms with van der Waals surface area (Å²) in [6, 6.07) is 6.77. The van der Waals surface area contributed by atoms with Gasteiger partial charge in [-0.25, -0.2) is 5.01 Å². The van der Waals surface area contributed by atoms with Gasteiger partial charge in [0.15, 0.2) is 0 Å². The van der Waals surface area contributed by atoms with Crippen LogP contribution in [0.3, 0.4) is 0 Å². The van der Waals surface area contributed by atoms with Crippen LogP contribution in [0.25, 0.3) is 0 Å². The lowest BCUT2D eigenvalue weighted by Gasteiger charge is -2.27. The fourth-order valence-electron chi connectivity index (χ4n) is 3.31. The van der Waals surface area contributed by atoms with Gasteiger partial charge in [-0.15, -0.1) is 0 Å². The topological polar surface area (TPSA) is 105 Å². The third-order valence-corrected chi connectivity index (χ3v) is 4.72. The lowest BCUT2D eigenvalue weighted by Crippen LogP contribution is -2.50. The van der Waals surface area contributed by atoms with Crippen molar-refractivity contribution in [3.63, 3.8) is 0 Å². The molecule has 2 atom stereocenters. The van der Waals surface area contributed by atoms with Gasteiger partial charge in [0.1, 0.15) is 0 Å². The second kappa shape index (κ2) is 7.00. The van der Waals surface area contributed by atoms with Crippen LogP contribution in [0.5, 0.6) is 0 Å². The van der Waals surface area contributed by atoms with Gasteiger partial charge < -0.3 is 11.1 Å². The minimum atomic E-state index is -0.189. The summed E-state index contributed by atoms with van der Waals surface area (Å²) in [6.07, 6.45) is 3.50. The molecule has 3 amide bonds. The molecule has 1 saturated carbocycles. The van der Waals surface area contributed by atoms with E-state index in [4.69, 9.17) is 5.73 Å². The predicted molar refractivity (Wildman–Crippen MR) is 89.0 cm³/mol. The van der Waals surface area contributed by atoms with Crippen molar-refractivity contribution in [2.24, 2.45) is 11.7 Å². The van der Waals surface area contributed by atoms with Gasteiger partial charge in [0, 0.05) is 24.4 Å². The zero-order valence-electron chi connectivity index (χ0n) is 13.5. The number of nitrogens with one attached hydrogen (secondary N) is 2. The number of carbonyl (C=O) groups excluding carboxylic acids is 3. The minimum Gasteiger partial charge on any atom is -0.349 e. The van der Waals surface area contributed by atoms with Gasteiger partial charge in [0.05, 0.1) is 5.69 Å². The average molecular weight is 330 g/mol. The third-order valence-electron chi connectivity index (χ3n) is 4.72. The number of anilines is 1. The molecule has 1 aliphatic heterocycles. The van der Waals surface area contributed by atoms with Crippen molar-refractivity contribution in [3.05, 3.63) is 29.8 Å². The number of hydrogen-bond donors (Lipinski definition) is 3. The number of amides is 3. The first-order valence-corrected chi connectivity index (χ1v) is 8.32. The fraction of sp³-hybridized carbons (Fsp3) is 0.471. The number of nitrogens with zero attached hydrogens (tertiary/aromatic N) is 1. The summed E-state index contributed by atoms with van der Waals surface area (Å²) < 4.78 is 0. The molecule has 1 aromatic carbocycles. The standard InChI is InChI=1S/C17H22N4O3/c18-10-12-2-1-3-14(12)19-17(24)11-4-6-13(7-5-11)21-16(23)9-8-15(22)20-21/h4-7,12,14H,1-3,8-10,18H2,(H,19,24)(H,20,22). The molecule has 0 radical (unpaired) electrons. The van der Waals surface area contributed by atoms with E-state index < -0.39 is 0 Å². The molecule has 24 heavy (non-hydrogen) atoms. The highest BCUT2D eigenvalue weighted by Crippen LogP contribution is 2.25. The Morgan fingerprint density at radius 1 is 1.21 bits per heavy atom. The van der Waals surface area contributed by atoms with Crippen molar-refractivity contribution >= 4 is 23.4 Å². The van der Waals surface area contributed by atoms with Crippen molar-refractivity contribution in [2.75, 3.05) is 11.6 Å². The summed E-state index contributed by atoms with van der Waals surface area (Å²) in [6.45, 7) is 0.584. The van der Waals surface area contributed by atoms with Crippen molar-refractivity contribution < 1.29 is 14.4 Å². The van der Waals surface area contributed by atoms with Crippen LogP contribution in [0.1, 0.15) is 42.5 Å². The lowest BCUT2D eigenvalue weighted by atomic mass is 10.0. The summed E-state index contributed by atoms with van der Waals surface area (Å²) in [5.41, 5.74) is 9.35. The quantitative estimate of drug-likeness (QED) is 0.756. The van der Waals surface area contributed by atoms with Crippen LogP contribution >= 0.6 is 0 Å². The van der Waals surface area contributed by atoms with E-state index in [0.29, 0.717) is 23.7 Å². The zero-order chi connectivity index (χ0) is 17.1. The number of hydrogen-bond acceptors (Lipinski definition) is 4. The molecule has 1 saturated heterocycles. The first-order valence-electron chi connectivity index (χ1n) is 8.32. The summed E-state index contributed by atoms with van der Waals surface area (Å²) in [5.74, 6) is -0.149. The van der Waals surface area contributed by atoms with Crippen LogP contribution in [-0.4, -0.2) is 30.3 Å². The van der Waals surface area contributed by atoms with E-state index in [-0.39, 0.29) is 36.6 Å². The van der Waals surface area contributed by atoms with Crippen LogP contribution in [0, 0.1) is 5.92 Å². The second-order valence-corrected chi connectivity index (χ2v) is 6.32. The molecular weight excluding hydrogens is 308 g/mol. The zero-order valence-corrected chi connectivity index (χ0v) is 13.5. The Kier molecular flexibility index (Phi) is 4.80. The van der Waals surface area contributed by atoms with E-state index in [1.807, 2.05) is 0 Å². The molecule has 1 aliphatic carbocycles. The van der Waals surface area contributed by atoms with Gasteiger partial charge in [-0.2, -0.15) is 0 Å². The Morgan fingerprint density at radius 3 is 2.67 bits per heavy atom. The molecule has 2 aliphatic rings. The maximum atomic E-state index is 12.4. The molecular formula is C17H22N4O3. The molecule has 7 nitrogen and oxygen atoms in total. The van der Waals surface area contributed by atoms with Gasteiger partial charge in [0.25, 0.3) is 5.91 Å². The molecule has 0 bridgehead atoms. The minimum absolute atomic E-state index is 0.130. The van der Waals surface area contributed by atoms with E-state index in [9.17, 15) is 14.4 Å². The fourth-order valence-corrected chi connectivity index (χ4v) is 3.31. The summed E-state index contributed by atoms with van der Waals surface area (Å²) in [4.78, 5) is 35.7. The smallest absolute Gasteiger partial charge is 0.251 e. The van der Waals surface area contributed by atoms with Crippen LogP contribution in [-0.2, 0) is 9.59 Å². The Morgan fingerprint density at radius 2 is 1.96 bits per heavy atom. The normalized spacial score (nSPS) is 24.0. The lowest BCUT2D eigenvalue weighted by molar-refractivity contribution is -0.130. The van der Waals surface area contributed by atoms with Crippen molar-refractivity contribution in [2.45, 2.75) is 38.1 Å². The van der Waals surface area contributed by atoms with Crippen molar-refractivity contribution in [1.82, 2.24) is 10.7 Å². The Bertz CT molecular complexity index is 644. The highest BCUT2D eigenvalue weighted by Gasteiger charge is 2.28. The Balaban J connectivity index is 1.66. The van der Waals surface area contributed by atoms with Crippen LogP contribution < -0.4 is 21.5 Å². The van der Waals surface area contributed by atoms with E-state index in [1.165, 1.54) is 5.01 Å². The predicted octanol–water partition coefficient (Wildman–Crippen LogP) is 0.702. The number of rotatable bonds is 4. The molecule has 1 heterocycles. The summed E-state index contributed by atoms with van der Waals surface area (Å²) >= 11 is 0. The van der Waals surface area contributed by atoms with Crippen molar-refractivity contribution in [3.8, 4) is 0 Å². The van der Waals surface area contributed by atoms with Crippen LogP contribution in [0.2, 0.25) is 0 Å². The van der Waals surface area contributed by atoms with Gasteiger partial charge in [0.2, 0.25) is 11.8 Å². The molecule has 3 rings (SSSR count). The monoisotopic (exact) mass is 330 g/mol.